The minimum Gasteiger partial charge on any atom is -0.385 e. The second-order valence-corrected chi connectivity index (χ2v) is 8.55. The zero-order chi connectivity index (χ0) is 21.9. The molecular weight excluding hydrogens is 413 g/mol. The lowest BCUT2D eigenvalue weighted by Gasteiger charge is -2.29. The van der Waals surface area contributed by atoms with Crippen LogP contribution in [0.5, 0.6) is 0 Å². The van der Waals surface area contributed by atoms with E-state index in [0.29, 0.717) is 5.92 Å². The lowest BCUT2D eigenvalue weighted by molar-refractivity contribution is -0.137. The highest BCUT2D eigenvalue weighted by Crippen LogP contribution is 2.32. The number of alkyl halides is 3. The van der Waals surface area contributed by atoms with E-state index in [1.807, 2.05) is 0 Å². The molecule has 0 spiro atoms. The van der Waals surface area contributed by atoms with Gasteiger partial charge in [-0.25, -0.2) is 0 Å². The van der Waals surface area contributed by atoms with Crippen LogP contribution in [0.2, 0.25) is 5.02 Å². The number of carbonyl (C=O) groups excluding carboxylic acids is 1. The van der Waals surface area contributed by atoms with Crippen molar-refractivity contribution in [3.8, 4) is 0 Å². The maximum Gasteiger partial charge on any atom is 0.416 e. The monoisotopic (exact) mass is 438 g/mol. The van der Waals surface area contributed by atoms with E-state index in [2.05, 4.69) is 42.7 Å². The average Bonchev–Trinajstić information content (AvgIpc) is 2.66. The van der Waals surface area contributed by atoms with Crippen LogP contribution < -0.4 is 10.6 Å². The number of halogens is 4. The first-order valence-electron chi connectivity index (χ1n) is 10.1. The molecule has 1 aliphatic carbocycles. The zero-order valence-electron chi connectivity index (χ0n) is 17.1. The summed E-state index contributed by atoms with van der Waals surface area (Å²) < 4.78 is 38.8. The van der Waals surface area contributed by atoms with Crippen molar-refractivity contribution in [3.05, 3.63) is 63.7 Å². The molecule has 2 N–H and O–H groups in total. The second-order valence-electron chi connectivity index (χ2n) is 8.14. The van der Waals surface area contributed by atoms with Gasteiger partial charge in [0.1, 0.15) is 0 Å². The number of carbonyl (C=O) groups is 1. The first-order chi connectivity index (χ1) is 14.1. The molecular formula is C23H26ClF3N2O. The van der Waals surface area contributed by atoms with E-state index < -0.39 is 17.6 Å². The molecule has 0 unspecified atom stereocenters. The molecule has 3 nitrogen and oxygen atoms in total. The van der Waals surface area contributed by atoms with Crippen LogP contribution in [0.1, 0.15) is 52.7 Å². The number of hydrogen-bond donors (Lipinski definition) is 2. The average molecular weight is 439 g/mol. The third-order valence-corrected chi connectivity index (χ3v) is 5.87. The number of anilines is 1. The number of amides is 1. The van der Waals surface area contributed by atoms with E-state index in [4.69, 9.17) is 11.6 Å². The van der Waals surface area contributed by atoms with Gasteiger partial charge in [-0.3, -0.25) is 4.79 Å². The van der Waals surface area contributed by atoms with Crippen molar-refractivity contribution in [2.45, 2.75) is 51.7 Å². The van der Waals surface area contributed by atoms with Crippen LogP contribution in [-0.2, 0) is 6.18 Å². The van der Waals surface area contributed by atoms with Crippen LogP contribution in [0, 0.1) is 19.8 Å². The highest BCUT2D eigenvalue weighted by atomic mass is 35.5. The largest absolute Gasteiger partial charge is 0.416 e. The van der Waals surface area contributed by atoms with Crippen molar-refractivity contribution < 1.29 is 18.0 Å². The number of nitrogens with one attached hydrogen (secondary N) is 2. The van der Waals surface area contributed by atoms with Gasteiger partial charge < -0.3 is 10.6 Å². The van der Waals surface area contributed by atoms with Crippen molar-refractivity contribution in [3.63, 3.8) is 0 Å². The molecule has 3 rings (SSSR count). The van der Waals surface area contributed by atoms with Gasteiger partial charge in [0.2, 0.25) is 0 Å². The standard InChI is InChI=1S/C23H26ClF3N2O/c1-14-9-15(2)11-19(10-14)28-13-16-3-6-18(7-4-16)29-22(30)20-12-17(23(25,26)27)5-8-21(20)24/h5,8-12,16,18,28H,3-4,6-7,13H2,1-2H3,(H,29,30). The van der Waals surface area contributed by atoms with Crippen LogP contribution in [0.3, 0.4) is 0 Å². The van der Waals surface area contributed by atoms with E-state index in [0.717, 1.165) is 56.1 Å². The first-order valence-corrected chi connectivity index (χ1v) is 10.5. The summed E-state index contributed by atoms with van der Waals surface area (Å²) in [5, 5.41) is 6.37. The minimum absolute atomic E-state index is 0.0202. The molecule has 7 heteroatoms. The van der Waals surface area contributed by atoms with Gasteiger partial charge in [-0.15, -0.1) is 0 Å². The Labute approximate surface area is 180 Å². The fraction of sp³-hybridized carbons (Fsp3) is 0.435. The molecule has 1 aliphatic rings. The highest BCUT2D eigenvalue weighted by Gasteiger charge is 2.32. The quantitative estimate of drug-likeness (QED) is 0.569. The molecule has 0 aliphatic heterocycles. The molecule has 0 aromatic heterocycles. The Hall–Kier alpha value is -2.21. The molecule has 0 radical (unpaired) electrons. The number of rotatable bonds is 5. The summed E-state index contributed by atoms with van der Waals surface area (Å²) in [4.78, 5) is 12.5. The topological polar surface area (TPSA) is 41.1 Å². The van der Waals surface area contributed by atoms with Crippen LogP contribution in [0.4, 0.5) is 18.9 Å². The summed E-state index contributed by atoms with van der Waals surface area (Å²) >= 11 is 5.97. The van der Waals surface area contributed by atoms with Crippen molar-refractivity contribution >= 4 is 23.2 Å². The van der Waals surface area contributed by atoms with E-state index in [-0.39, 0.29) is 16.6 Å². The lowest BCUT2D eigenvalue weighted by atomic mass is 9.85. The van der Waals surface area contributed by atoms with Crippen molar-refractivity contribution in [1.82, 2.24) is 5.32 Å². The van der Waals surface area contributed by atoms with Gasteiger partial charge in [-0.05, 0) is 86.9 Å². The fourth-order valence-electron chi connectivity index (χ4n) is 3.99. The zero-order valence-corrected chi connectivity index (χ0v) is 17.8. The minimum atomic E-state index is -4.51. The Bertz CT molecular complexity index is 886. The summed E-state index contributed by atoms with van der Waals surface area (Å²) in [5.41, 5.74) is 2.54. The van der Waals surface area contributed by atoms with E-state index in [1.54, 1.807) is 0 Å². The Kier molecular flexibility index (Phi) is 6.96. The summed E-state index contributed by atoms with van der Waals surface area (Å²) in [6.45, 7) is 5.01. The number of aryl methyl sites for hydroxylation is 2. The molecule has 0 heterocycles. The third-order valence-electron chi connectivity index (χ3n) is 5.54. The van der Waals surface area contributed by atoms with Crippen molar-refractivity contribution in [1.29, 1.82) is 0 Å². The lowest BCUT2D eigenvalue weighted by Crippen LogP contribution is -2.38. The molecule has 30 heavy (non-hydrogen) atoms. The Morgan fingerprint density at radius 3 is 2.27 bits per heavy atom. The van der Waals surface area contributed by atoms with Gasteiger partial charge >= 0.3 is 6.18 Å². The van der Waals surface area contributed by atoms with Crippen LogP contribution in [-0.4, -0.2) is 18.5 Å². The molecule has 1 amide bonds. The Balaban J connectivity index is 1.51. The van der Waals surface area contributed by atoms with Crippen LogP contribution in [0.25, 0.3) is 0 Å². The first kappa shape index (κ1) is 22.5. The molecule has 2 aromatic rings. The molecule has 0 saturated heterocycles. The van der Waals surface area contributed by atoms with E-state index in [9.17, 15) is 18.0 Å². The molecule has 0 bridgehead atoms. The summed E-state index contributed by atoms with van der Waals surface area (Å²) in [7, 11) is 0. The van der Waals surface area contributed by atoms with Crippen LogP contribution in [0.15, 0.2) is 36.4 Å². The molecule has 2 aromatic carbocycles. The van der Waals surface area contributed by atoms with Crippen molar-refractivity contribution in [2.75, 3.05) is 11.9 Å². The van der Waals surface area contributed by atoms with Gasteiger partial charge in [0.15, 0.2) is 0 Å². The second kappa shape index (κ2) is 9.29. The maximum absolute atomic E-state index is 12.9. The fourth-order valence-corrected chi connectivity index (χ4v) is 4.19. The van der Waals surface area contributed by atoms with Gasteiger partial charge in [0.05, 0.1) is 16.1 Å². The van der Waals surface area contributed by atoms with Gasteiger partial charge in [0, 0.05) is 18.3 Å². The maximum atomic E-state index is 12.9. The predicted molar refractivity (Wildman–Crippen MR) is 114 cm³/mol. The smallest absolute Gasteiger partial charge is 0.385 e. The molecule has 162 valence electrons. The molecule has 1 saturated carbocycles. The normalized spacial score (nSPS) is 19.4. The predicted octanol–water partition coefficient (Wildman–Crippen LogP) is 6.38. The molecule has 1 fully saturated rings. The van der Waals surface area contributed by atoms with Gasteiger partial charge in [-0.2, -0.15) is 13.2 Å². The van der Waals surface area contributed by atoms with Gasteiger partial charge in [0.25, 0.3) is 5.91 Å². The number of benzene rings is 2. The van der Waals surface area contributed by atoms with E-state index in [1.165, 1.54) is 11.1 Å². The van der Waals surface area contributed by atoms with E-state index >= 15 is 0 Å². The summed E-state index contributed by atoms with van der Waals surface area (Å²) in [6.07, 6.45) is -1.04. The Morgan fingerprint density at radius 2 is 1.67 bits per heavy atom. The Morgan fingerprint density at radius 1 is 1.03 bits per heavy atom. The number of hydrogen-bond acceptors (Lipinski definition) is 2. The highest BCUT2D eigenvalue weighted by molar-refractivity contribution is 6.33. The third kappa shape index (κ3) is 5.91. The van der Waals surface area contributed by atoms with Crippen molar-refractivity contribution in [2.24, 2.45) is 5.92 Å². The van der Waals surface area contributed by atoms with Gasteiger partial charge in [-0.1, -0.05) is 17.7 Å². The van der Waals surface area contributed by atoms with Crippen LogP contribution >= 0.6 is 11.6 Å². The summed E-state index contributed by atoms with van der Waals surface area (Å²) in [6, 6.07) is 9.14. The molecule has 0 atom stereocenters. The summed E-state index contributed by atoms with van der Waals surface area (Å²) in [5.74, 6) is -0.0565. The SMILES string of the molecule is Cc1cc(C)cc(NCC2CCC(NC(=O)c3cc(C(F)(F)F)ccc3Cl)CC2)c1.